The van der Waals surface area contributed by atoms with Crippen LogP contribution in [0.3, 0.4) is 0 Å². The Labute approximate surface area is 116 Å². The predicted octanol–water partition coefficient (Wildman–Crippen LogP) is 2.82. The standard InChI is InChI=1S/C13H14ClN3O2/c1-8-7-15-13(14)17-11(8)16-10-5-3-4-9(6-10)12(18)19-2/h3-7,12,18H,1-2H3,(H,15,16,17). The Kier molecular flexibility index (Phi) is 4.31. The van der Waals surface area contributed by atoms with Gasteiger partial charge in [-0.2, -0.15) is 0 Å². The van der Waals surface area contributed by atoms with Gasteiger partial charge in [0.1, 0.15) is 5.82 Å². The topological polar surface area (TPSA) is 67.3 Å². The van der Waals surface area contributed by atoms with Crippen molar-refractivity contribution in [3.63, 3.8) is 0 Å². The summed E-state index contributed by atoms with van der Waals surface area (Å²) < 4.78 is 4.87. The van der Waals surface area contributed by atoms with Crippen molar-refractivity contribution in [1.29, 1.82) is 0 Å². The lowest BCUT2D eigenvalue weighted by molar-refractivity contribution is -0.0769. The van der Waals surface area contributed by atoms with Crippen molar-refractivity contribution < 1.29 is 9.84 Å². The first kappa shape index (κ1) is 13.7. The average Bonchev–Trinajstić information content (AvgIpc) is 2.42. The van der Waals surface area contributed by atoms with Gasteiger partial charge < -0.3 is 15.2 Å². The lowest BCUT2D eigenvalue weighted by Gasteiger charge is -2.12. The van der Waals surface area contributed by atoms with Crippen molar-refractivity contribution in [3.8, 4) is 0 Å². The monoisotopic (exact) mass is 279 g/mol. The molecule has 0 fully saturated rings. The number of aromatic nitrogens is 2. The third-order valence-corrected chi connectivity index (χ3v) is 2.78. The molecule has 2 aromatic rings. The summed E-state index contributed by atoms with van der Waals surface area (Å²) in [5, 5.41) is 12.9. The molecule has 2 N–H and O–H groups in total. The molecule has 0 spiro atoms. The average molecular weight is 280 g/mol. The lowest BCUT2D eigenvalue weighted by Crippen LogP contribution is -2.02. The molecule has 1 aromatic heterocycles. The summed E-state index contributed by atoms with van der Waals surface area (Å²) in [6.07, 6.45) is 0.697. The molecule has 100 valence electrons. The second kappa shape index (κ2) is 5.97. The van der Waals surface area contributed by atoms with E-state index in [1.165, 1.54) is 7.11 Å². The quantitative estimate of drug-likeness (QED) is 0.665. The van der Waals surface area contributed by atoms with E-state index in [9.17, 15) is 5.11 Å². The summed E-state index contributed by atoms with van der Waals surface area (Å²) in [5.41, 5.74) is 2.32. The van der Waals surface area contributed by atoms with Crippen LogP contribution in [0.25, 0.3) is 0 Å². The number of rotatable bonds is 4. The Bertz CT molecular complexity index is 578. The molecule has 2 rings (SSSR count). The van der Waals surface area contributed by atoms with Crippen molar-refractivity contribution in [2.75, 3.05) is 12.4 Å². The summed E-state index contributed by atoms with van der Waals surface area (Å²) in [7, 11) is 1.44. The number of aryl methyl sites for hydroxylation is 1. The van der Waals surface area contributed by atoms with Crippen LogP contribution in [-0.2, 0) is 4.74 Å². The Morgan fingerprint density at radius 1 is 1.42 bits per heavy atom. The van der Waals surface area contributed by atoms with Gasteiger partial charge in [0, 0.05) is 30.1 Å². The molecule has 1 unspecified atom stereocenters. The molecule has 5 nitrogen and oxygen atoms in total. The smallest absolute Gasteiger partial charge is 0.224 e. The molecule has 0 saturated heterocycles. The highest BCUT2D eigenvalue weighted by Crippen LogP contribution is 2.22. The van der Waals surface area contributed by atoms with Crippen molar-refractivity contribution in [3.05, 3.63) is 46.9 Å². The maximum Gasteiger partial charge on any atom is 0.224 e. The zero-order chi connectivity index (χ0) is 13.8. The van der Waals surface area contributed by atoms with Gasteiger partial charge in [0.05, 0.1) is 0 Å². The predicted molar refractivity (Wildman–Crippen MR) is 73.5 cm³/mol. The first-order valence-corrected chi connectivity index (χ1v) is 6.05. The number of hydrogen-bond donors (Lipinski definition) is 2. The van der Waals surface area contributed by atoms with Crippen LogP contribution < -0.4 is 5.32 Å². The van der Waals surface area contributed by atoms with Gasteiger partial charge in [0.15, 0.2) is 6.29 Å². The molecular weight excluding hydrogens is 266 g/mol. The second-order valence-corrected chi connectivity index (χ2v) is 4.35. The van der Waals surface area contributed by atoms with Gasteiger partial charge in [-0.3, -0.25) is 0 Å². The molecule has 0 bridgehead atoms. The van der Waals surface area contributed by atoms with E-state index in [1.54, 1.807) is 18.3 Å². The van der Waals surface area contributed by atoms with E-state index in [0.29, 0.717) is 11.4 Å². The summed E-state index contributed by atoms with van der Waals surface area (Å²) in [6.45, 7) is 1.88. The summed E-state index contributed by atoms with van der Waals surface area (Å²) in [6, 6.07) is 7.24. The number of nitrogens with zero attached hydrogens (tertiary/aromatic N) is 2. The molecule has 0 amide bonds. The number of methoxy groups -OCH3 is 1. The van der Waals surface area contributed by atoms with E-state index < -0.39 is 6.29 Å². The lowest BCUT2D eigenvalue weighted by atomic mass is 10.2. The van der Waals surface area contributed by atoms with Gasteiger partial charge in [0.25, 0.3) is 0 Å². The number of anilines is 2. The first-order valence-electron chi connectivity index (χ1n) is 5.67. The number of halogens is 1. The number of nitrogens with one attached hydrogen (secondary N) is 1. The molecule has 19 heavy (non-hydrogen) atoms. The van der Waals surface area contributed by atoms with E-state index in [2.05, 4.69) is 15.3 Å². The third-order valence-electron chi connectivity index (χ3n) is 2.60. The number of benzene rings is 1. The largest absolute Gasteiger partial charge is 0.364 e. The van der Waals surface area contributed by atoms with Crippen LogP contribution >= 0.6 is 11.6 Å². The van der Waals surface area contributed by atoms with Crippen LogP contribution in [0.15, 0.2) is 30.5 Å². The molecule has 0 aliphatic heterocycles. The van der Waals surface area contributed by atoms with E-state index in [-0.39, 0.29) is 5.28 Å². The van der Waals surface area contributed by atoms with E-state index >= 15 is 0 Å². The zero-order valence-corrected chi connectivity index (χ0v) is 11.3. The molecule has 1 heterocycles. The Morgan fingerprint density at radius 2 is 2.21 bits per heavy atom. The molecule has 0 aliphatic rings. The first-order chi connectivity index (χ1) is 9.10. The van der Waals surface area contributed by atoms with Crippen LogP contribution in [0.5, 0.6) is 0 Å². The normalized spacial score (nSPS) is 12.2. The highest BCUT2D eigenvalue weighted by atomic mass is 35.5. The maximum absolute atomic E-state index is 9.62. The minimum absolute atomic E-state index is 0.182. The third kappa shape index (κ3) is 3.41. The van der Waals surface area contributed by atoms with E-state index in [1.807, 2.05) is 19.1 Å². The van der Waals surface area contributed by atoms with Crippen molar-refractivity contribution in [1.82, 2.24) is 9.97 Å². The molecule has 0 saturated carbocycles. The molecule has 0 radical (unpaired) electrons. The highest BCUT2D eigenvalue weighted by Gasteiger charge is 2.07. The molecule has 1 atom stereocenters. The minimum atomic E-state index is -0.947. The molecule has 6 heteroatoms. The van der Waals surface area contributed by atoms with Crippen LogP contribution in [0.4, 0.5) is 11.5 Å². The van der Waals surface area contributed by atoms with Gasteiger partial charge in [-0.05, 0) is 30.7 Å². The fourth-order valence-electron chi connectivity index (χ4n) is 1.59. The van der Waals surface area contributed by atoms with Gasteiger partial charge in [0.2, 0.25) is 5.28 Å². The van der Waals surface area contributed by atoms with E-state index in [0.717, 1.165) is 11.3 Å². The fraction of sp³-hybridized carbons (Fsp3) is 0.231. The van der Waals surface area contributed by atoms with Crippen LogP contribution in [0.2, 0.25) is 5.28 Å². The van der Waals surface area contributed by atoms with Crippen molar-refractivity contribution in [2.24, 2.45) is 0 Å². The number of ether oxygens (including phenoxy) is 1. The molecule has 0 aliphatic carbocycles. The summed E-state index contributed by atoms with van der Waals surface area (Å²) in [5.74, 6) is 0.629. The van der Waals surface area contributed by atoms with Gasteiger partial charge >= 0.3 is 0 Å². The Morgan fingerprint density at radius 3 is 2.95 bits per heavy atom. The Balaban J connectivity index is 2.26. The minimum Gasteiger partial charge on any atom is -0.364 e. The molecular formula is C13H14ClN3O2. The second-order valence-electron chi connectivity index (χ2n) is 4.01. The zero-order valence-electron chi connectivity index (χ0n) is 10.6. The number of aliphatic hydroxyl groups is 1. The number of aliphatic hydroxyl groups excluding tert-OH is 1. The van der Waals surface area contributed by atoms with Gasteiger partial charge in [-0.15, -0.1) is 0 Å². The summed E-state index contributed by atoms with van der Waals surface area (Å²) >= 11 is 5.76. The van der Waals surface area contributed by atoms with Crippen molar-refractivity contribution >= 4 is 23.1 Å². The van der Waals surface area contributed by atoms with Gasteiger partial charge in [-0.1, -0.05) is 12.1 Å². The van der Waals surface area contributed by atoms with Crippen LogP contribution in [-0.4, -0.2) is 22.2 Å². The fourth-order valence-corrected chi connectivity index (χ4v) is 1.72. The Hall–Kier alpha value is -1.69. The maximum atomic E-state index is 9.62. The summed E-state index contributed by atoms with van der Waals surface area (Å²) in [4.78, 5) is 8.01. The highest BCUT2D eigenvalue weighted by molar-refractivity contribution is 6.28. The van der Waals surface area contributed by atoms with E-state index in [4.69, 9.17) is 16.3 Å². The number of hydrogen-bond acceptors (Lipinski definition) is 5. The SMILES string of the molecule is COC(O)c1cccc(Nc2nc(Cl)ncc2C)c1. The van der Waals surface area contributed by atoms with Gasteiger partial charge in [-0.25, -0.2) is 9.97 Å². The van der Waals surface area contributed by atoms with Crippen LogP contribution in [0.1, 0.15) is 17.4 Å². The van der Waals surface area contributed by atoms with Crippen LogP contribution in [0, 0.1) is 6.92 Å². The van der Waals surface area contributed by atoms with Crippen molar-refractivity contribution in [2.45, 2.75) is 13.2 Å². The molecule has 1 aromatic carbocycles.